The van der Waals surface area contributed by atoms with Gasteiger partial charge in [-0.15, -0.1) is 0 Å². The zero-order chi connectivity index (χ0) is 12.3. The van der Waals surface area contributed by atoms with Crippen LogP contribution in [0.2, 0.25) is 5.02 Å². The number of anilines is 1. The topological polar surface area (TPSA) is 110 Å². The smallest absolute Gasteiger partial charge is 0.253 e. The molecule has 0 spiro atoms. The number of pyridine rings is 1. The van der Waals surface area contributed by atoms with Crippen LogP contribution in [0.3, 0.4) is 0 Å². The summed E-state index contributed by atoms with van der Waals surface area (Å²) in [7, 11) is 0. The number of H-pyrrole nitrogens is 1. The van der Waals surface area contributed by atoms with E-state index >= 15 is 0 Å². The van der Waals surface area contributed by atoms with Gasteiger partial charge in [0, 0.05) is 6.20 Å². The lowest BCUT2D eigenvalue weighted by Gasteiger charge is -2.05. The molecule has 17 heavy (non-hydrogen) atoms. The van der Waals surface area contributed by atoms with Crippen LogP contribution in [-0.4, -0.2) is 26.1 Å². The van der Waals surface area contributed by atoms with Crippen LogP contribution in [0.1, 0.15) is 16.2 Å². The molecule has 2 aromatic rings. The number of aromatic nitrogens is 4. The van der Waals surface area contributed by atoms with Crippen molar-refractivity contribution in [1.82, 2.24) is 25.5 Å². The van der Waals surface area contributed by atoms with E-state index in [0.717, 1.165) is 0 Å². The molecule has 0 aliphatic rings. The van der Waals surface area contributed by atoms with E-state index in [0.29, 0.717) is 5.82 Å². The summed E-state index contributed by atoms with van der Waals surface area (Å²) < 4.78 is 0. The molecule has 0 unspecified atom stereocenters. The molecular formula is C9H9ClN6O. The Hall–Kier alpha value is -2.15. The van der Waals surface area contributed by atoms with Crippen LogP contribution in [0.5, 0.6) is 0 Å². The fourth-order valence-corrected chi connectivity index (χ4v) is 1.39. The van der Waals surface area contributed by atoms with E-state index in [1.165, 1.54) is 18.6 Å². The number of hydrogen-bond acceptors (Lipinski definition) is 5. The third kappa shape index (κ3) is 2.70. The first-order valence-electron chi connectivity index (χ1n) is 4.70. The molecule has 0 fully saturated rings. The van der Waals surface area contributed by atoms with Crippen LogP contribution in [0.25, 0.3) is 0 Å². The van der Waals surface area contributed by atoms with Gasteiger partial charge in [0.15, 0.2) is 0 Å². The fourth-order valence-electron chi connectivity index (χ4n) is 1.20. The highest BCUT2D eigenvalue weighted by Gasteiger charge is 2.11. The highest BCUT2D eigenvalue weighted by Crippen LogP contribution is 2.16. The normalized spacial score (nSPS) is 10.2. The van der Waals surface area contributed by atoms with Crippen molar-refractivity contribution in [2.24, 2.45) is 0 Å². The Bertz CT molecular complexity index is 526. The van der Waals surface area contributed by atoms with Crippen molar-refractivity contribution in [2.45, 2.75) is 6.54 Å². The van der Waals surface area contributed by atoms with Crippen molar-refractivity contribution in [2.75, 3.05) is 5.73 Å². The molecule has 0 saturated heterocycles. The van der Waals surface area contributed by atoms with Gasteiger partial charge in [-0.2, -0.15) is 5.10 Å². The van der Waals surface area contributed by atoms with Gasteiger partial charge in [0.1, 0.15) is 18.0 Å². The van der Waals surface area contributed by atoms with Crippen LogP contribution in [0, 0.1) is 0 Å². The molecule has 0 radical (unpaired) electrons. The van der Waals surface area contributed by atoms with E-state index < -0.39 is 0 Å². The van der Waals surface area contributed by atoms with E-state index in [9.17, 15) is 4.79 Å². The molecule has 2 heterocycles. The van der Waals surface area contributed by atoms with E-state index in [2.05, 4.69) is 25.5 Å². The molecule has 0 saturated carbocycles. The molecule has 2 rings (SSSR count). The number of carbonyl (C=O) groups excluding carboxylic acids is 1. The molecule has 0 bridgehead atoms. The zero-order valence-corrected chi connectivity index (χ0v) is 9.40. The molecule has 8 heteroatoms. The molecule has 88 valence electrons. The first-order chi connectivity index (χ1) is 8.16. The Balaban J connectivity index is 2.07. The second kappa shape index (κ2) is 4.79. The maximum absolute atomic E-state index is 11.8. The SMILES string of the molecule is Nc1cc(C(=O)NCc2ncn[nH]2)c(Cl)cn1. The third-order valence-corrected chi connectivity index (χ3v) is 2.30. The largest absolute Gasteiger partial charge is 0.384 e. The Morgan fingerprint density at radius 1 is 1.53 bits per heavy atom. The van der Waals surface area contributed by atoms with Gasteiger partial charge in [-0.3, -0.25) is 9.89 Å². The van der Waals surface area contributed by atoms with Crippen LogP contribution in [-0.2, 0) is 6.54 Å². The number of halogens is 1. The van der Waals surface area contributed by atoms with Gasteiger partial charge >= 0.3 is 0 Å². The van der Waals surface area contributed by atoms with Gasteiger partial charge in [0.05, 0.1) is 17.1 Å². The van der Waals surface area contributed by atoms with Crippen LogP contribution < -0.4 is 11.1 Å². The van der Waals surface area contributed by atoms with Crippen molar-refractivity contribution in [1.29, 1.82) is 0 Å². The Morgan fingerprint density at radius 2 is 2.35 bits per heavy atom. The first kappa shape index (κ1) is 11.3. The van der Waals surface area contributed by atoms with E-state index in [-0.39, 0.29) is 28.9 Å². The minimum absolute atomic E-state index is 0.234. The summed E-state index contributed by atoms with van der Waals surface area (Å²) in [6.07, 6.45) is 2.69. The minimum Gasteiger partial charge on any atom is -0.384 e. The summed E-state index contributed by atoms with van der Waals surface area (Å²) in [5.41, 5.74) is 5.75. The number of carbonyl (C=O) groups is 1. The van der Waals surface area contributed by atoms with E-state index in [1.54, 1.807) is 0 Å². The second-order valence-corrected chi connectivity index (χ2v) is 3.61. The Morgan fingerprint density at radius 3 is 3.06 bits per heavy atom. The Labute approximate surface area is 101 Å². The fraction of sp³-hybridized carbons (Fsp3) is 0.111. The summed E-state index contributed by atoms with van der Waals surface area (Å²) in [5, 5.41) is 9.16. The predicted molar refractivity (Wildman–Crippen MR) is 61.2 cm³/mol. The van der Waals surface area contributed by atoms with Gasteiger partial charge < -0.3 is 11.1 Å². The minimum atomic E-state index is -0.347. The van der Waals surface area contributed by atoms with Crippen molar-refractivity contribution in [3.63, 3.8) is 0 Å². The summed E-state index contributed by atoms with van der Waals surface area (Å²) in [5.74, 6) is 0.441. The number of rotatable bonds is 3. The maximum atomic E-state index is 11.8. The molecule has 2 aromatic heterocycles. The molecule has 0 aliphatic carbocycles. The predicted octanol–water partition coefficient (Wildman–Crippen LogP) is 0.365. The van der Waals surface area contributed by atoms with Gasteiger partial charge in [-0.1, -0.05) is 11.6 Å². The zero-order valence-electron chi connectivity index (χ0n) is 8.64. The lowest BCUT2D eigenvalue weighted by Crippen LogP contribution is -2.24. The van der Waals surface area contributed by atoms with Crippen molar-refractivity contribution >= 4 is 23.3 Å². The molecule has 4 N–H and O–H groups in total. The standard InChI is InChI=1S/C9H9ClN6O/c10-6-2-12-7(11)1-5(6)9(17)13-3-8-14-4-15-16-8/h1-2,4H,3H2,(H2,11,12)(H,13,17)(H,14,15,16). The van der Waals surface area contributed by atoms with Gasteiger partial charge in [0.2, 0.25) is 0 Å². The number of nitrogens with one attached hydrogen (secondary N) is 2. The van der Waals surface area contributed by atoms with Crippen LogP contribution >= 0.6 is 11.6 Å². The van der Waals surface area contributed by atoms with Crippen molar-refractivity contribution < 1.29 is 4.79 Å². The van der Waals surface area contributed by atoms with Gasteiger partial charge in [-0.05, 0) is 6.07 Å². The third-order valence-electron chi connectivity index (χ3n) is 2.00. The molecule has 7 nitrogen and oxygen atoms in total. The average molecular weight is 253 g/mol. The lowest BCUT2D eigenvalue weighted by molar-refractivity contribution is 0.0950. The molecule has 1 amide bonds. The number of aromatic amines is 1. The van der Waals surface area contributed by atoms with Crippen LogP contribution in [0.4, 0.5) is 5.82 Å². The number of amides is 1. The van der Waals surface area contributed by atoms with Gasteiger partial charge in [0.25, 0.3) is 5.91 Å². The monoisotopic (exact) mass is 252 g/mol. The molecule has 0 atom stereocenters. The van der Waals surface area contributed by atoms with E-state index in [4.69, 9.17) is 17.3 Å². The lowest BCUT2D eigenvalue weighted by atomic mass is 10.2. The summed E-state index contributed by atoms with van der Waals surface area (Å²) >= 11 is 5.84. The maximum Gasteiger partial charge on any atom is 0.253 e. The molecular weight excluding hydrogens is 244 g/mol. The second-order valence-electron chi connectivity index (χ2n) is 3.20. The number of nitrogens with two attached hydrogens (primary N) is 1. The highest BCUT2D eigenvalue weighted by molar-refractivity contribution is 6.33. The Kier molecular flexibility index (Phi) is 3.20. The summed E-state index contributed by atoms with van der Waals surface area (Å²) in [6.45, 7) is 0.234. The molecule has 0 aliphatic heterocycles. The molecule has 0 aromatic carbocycles. The summed E-state index contributed by atoms with van der Waals surface area (Å²) in [6, 6.07) is 1.41. The number of hydrogen-bond donors (Lipinski definition) is 3. The van der Waals surface area contributed by atoms with Crippen molar-refractivity contribution in [3.05, 3.63) is 35.0 Å². The first-order valence-corrected chi connectivity index (χ1v) is 5.08. The van der Waals surface area contributed by atoms with Crippen LogP contribution in [0.15, 0.2) is 18.6 Å². The highest BCUT2D eigenvalue weighted by atomic mass is 35.5. The quantitative estimate of drug-likeness (QED) is 0.731. The van der Waals surface area contributed by atoms with Crippen molar-refractivity contribution in [3.8, 4) is 0 Å². The number of nitrogen functional groups attached to an aromatic ring is 1. The van der Waals surface area contributed by atoms with Gasteiger partial charge in [-0.25, -0.2) is 9.97 Å². The number of nitrogens with zero attached hydrogens (tertiary/aromatic N) is 3. The average Bonchev–Trinajstić information content (AvgIpc) is 2.82. The van der Waals surface area contributed by atoms with E-state index in [1.807, 2.05) is 0 Å². The summed E-state index contributed by atoms with van der Waals surface area (Å²) in [4.78, 5) is 19.4.